The highest BCUT2D eigenvalue weighted by Gasteiger charge is 2.07. The minimum Gasteiger partial charge on any atom is -0.469 e. The molecule has 1 aromatic heterocycles. The zero-order valence-electron chi connectivity index (χ0n) is 9.73. The lowest BCUT2D eigenvalue weighted by Crippen LogP contribution is -2.10. The van der Waals surface area contributed by atoms with Crippen LogP contribution in [0.2, 0.25) is 0 Å². The molecule has 92 valence electrons. The number of aromatic nitrogens is 1. The molecule has 6 nitrogen and oxygen atoms in total. The molecule has 0 radical (unpaired) electrons. The Bertz CT molecular complexity index is 406. The number of methoxy groups -OCH3 is 2. The highest BCUT2D eigenvalue weighted by Crippen LogP contribution is 2.08. The van der Waals surface area contributed by atoms with E-state index in [-0.39, 0.29) is 18.1 Å². The number of hydrogen-bond acceptors (Lipinski definition) is 6. The number of rotatable bonds is 5. The second-order valence-corrected chi connectivity index (χ2v) is 3.17. The first-order chi connectivity index (χ1) is 8.17. The second-order valence-electron chi connectivity index (χ2n) is 3.17. The van der Waals surface area contributed by atoms with Crippen molar-refractivity contribution in [2.75, 3.05) is 26.1 Å². The summed E-state index contributed by atoms with van der Waals surface area (Å²) in [5.41, 5.74) is 0.917. The molecule has 0 spiro atoms. The van der Waals surface area contributed by atoms with E-state index in [1.807, 2.05) is 0 Å². The van der Waals surface area contributed by atoms with E-state index in [1.165, 1.54) is 20.4 Å². The van der Waals surface area contributed by atoms with E-state index in [1.54, 1.807) is 12.1 Å². The number of esters is 2. The minimum absolute atomic E-state index is 0.218. The Balaban J connectivity index is 2.54. The van der Waals surface area contributed by atoms with Gasteiger partial charge in [0.15, 0.2) is 0 Å². The van der Waals surface area contributed by atoms with Crippen LogP contribution >= 0.6 is 0 Å². The highest BCUT2D eigenvalue weighted by atomic mass is 16.5. The van der Waals surface area contributed by atoms with E-state index in [0.29, 0.717) is 12.2 Å². The lowest BCUT2D eigenvalue weighted by Gasteiger charge is -2.06. The molecule has 0 fully saturated rings. The van der Waals surface area contributed by atoms with Gasteiger partial charge < -0.3 is 14.8 Å². The average Bonchev–Trinajstić information content (AvgIpc) is 2.38. The van der Waals surface area contributed by atoms with E-state index in [2.05, 4.69) is 19.8 Å². The monoisotopic (exact) mass is 238 g/mol. The molecule has 0 aliphatic heterocycles. The molecule has 0 bridgehead atoms. The Morgan fingerprint density at radius 2 is 2.12 bits per heavy atom. The largest absolute Gasteiger partial charge is 0.469 e. The molecule has 1 heterocycles. The third kappa shape index (κ3) is 4.10. The summed E-state index contributed by atoms with van der Waals surface area (Å²) in [5.74, 6) is -0.790. The standard InChI is InChI=1S/C11H14N2O4/c1-16-10(14)4-6-12-8-3-5-13-9(7-8)11(15)17-2/h3,5,7H,4,6H2,1-2H3,(H,12,13). The Morgan fingerprint density at radius 3 is 2.76 bits per heavy atom. The van der Waals surface area contributed by atoms with Crippen LogP contribution in [0.4, 0.5) is 5.69 Å². The predicted octanol–water partition coefficient (Wildman–Crippen LogP) is 0.843. The van der Waals surface area contributed by atoms with E-state index in [9.17, 15) is 9.59 Å². The molecule has 0 saturated heterocycles. The van der Waals surface area contributed by atoms with Gasteiger partial charge in [-0.05, 0) is 12.1 Å². The maximum Gasteiger partial charge on any atom is 0.356 e. The SMILES string of the molecule is COC(=O)CCNc1ccnc(C(=O)OC)c1. The van der Waals surface area contributed by atoms with E-state index in [0.717, 1.165) is 0 Å². The maximum absolute atomic E-state index is 11.2. The molecule has 0 aliphatic carbocycles. The predicted molar refractivity (Wildman–Crippen MR) is 60.7 cm³/mol. The maximum atomic E-state index is 11.2. The molecule has 0 aromatic carbocycles. The van der Waals surface area contributed by atoms with Gasteiger partial charge in [-0.3, -0.25) is 4.79 Å². The fraction of sp³-hybridized carbons (Fsp3) is 0.364. The van der Waals surface area contributed by atoms with Gasteiger partial charge in [-0.15, -0.1) is 0 Å². The van der Waals surface area contributed by atoms with Crippen LogP contribution in [0.25, 0.3) is 0 Å². The molecular formula is C11H14N2O4. The van der Waals surface area contributed by atoms with Gasteiger partial charge in [0.1, 0.15) is 5.69 Å². The van der Waals surface area contributed by atoms with Crippen LogP contribution in [0.3, 0.4) is 0 Å². The van der Waals surface area contributed by atoms with Gasteiger partial charge in [0.05, 0.1) is 20.6 Å². The molecule has 0 aliphatic rings. The number of hydrogen-bond donors (Lipinski definition) is 1. The summed E-state index contributed by atoms with van der Waals surface area (Å²) in [6, 6.07) is 3.26. The molecule has 17 heavy (non-hydrogen) atoms. The van der Waals surface area contributed by atoms with E-state index < -0.39 is 5.97 Å². The molecule has 0 saturated carbocycles. The molecular weight excluding hydrogens is 224 g/mol. The van der Waals surface area contributed by atoms with Crippen molar-refractivity contribution in [1.29, 1.82) is 0 Å². The van der Waals surface area contributed by atoms with Gasteiger partial charge in [-0.1, -0.05) is 0 Å². The second kappa shape index (κ2) is 6.47. The lowest BCUT2D eigenvalue weighted by atomic mass is 10.3. The van der Waals surface area contributed by atoms with E-state index in [4.69, 9.17) is 0 Å². The molecule has 1 N–H and O–H groups in total. The van der Waals surface area contributed by atoms with Crippen LogP contribution in [0.5, 0.6) is 0 Å². The quantitative estimate of drug-likeness (QED) is 0.766. The zero-order valence-corrected chi connectivity index (χ0v) is 9.73. The van der Waals surface area contributed by atoms with Crippen LogP contribution in [0.1, 0.15) is 16.9 Å². The molecule has 6 heteroatoms. The smallest absolute Gasteiger partial charge is 0.356 e. The summed E-state index contributed by atoms with van der Waals surface area (Å²) in [4.78, 5) is 25.9. The van der Waals surface area contributed by atoms with Crippen molar-refractivity contribution in [2.24, 2.45) is 0 Å². The van der Waals surface area contributed by atoms with Crippen LogP contribution in [-0.2, 0) is 14.3 Å². The molecule has 0 atom stereocenters. The number of nitrogens with one attached hydrogen (secondary N) is 1. The Labute approximate surface area is 98.9 Å². The average molecular weight is 238 g/mol. The van der Waals surface area contributed by atoms with Crippen LogP contribution in [0.15, 0.2) is 18.3 Å². The molecule has 0 amide bonds. The normalized spacial score (nSPS) is 9.53. The zero-order chi connectivity index (χ0) is 12.7. The topological polar surface area (TPSA) is 77.5 Å². The van der Waals surface area contributed by atoms with Gasteiger partial charge in [0.2, 0.25) is 0 Å². The van der Waals surface area contributed by atoms with Gasteiger partial charge in [-0.2, -0.15) is 0 Å². The third-order valence-corrected chi connectivity index (χ3v) is 2.04. The van der Waals surface area contributed by atoms with Crippen molar-refractivity contribution in [3.63, 3.8) is 0 Å². The Kier molecular flexibility index (Phi) is 4.93. The Morgan fingerprint density at radius 1 is 1.35 bits per heavy atom. The third-order valence-electron chi connectivity index (χ3n) is 2.04. The van der Waals surface area contributed by atoms with Gasteiger partial charge in [0.25, 0.3) is 0 Å². The van der Waals surface area contributed by atoms with Gasteiger partial charge in [0, 0.05) is 18.4 Å². The Hall–Kier alpha value is -2.11. The molecule has 0 unspecified atom stereocenters. The minimum atomic E-state index is -0.499. The first-order valence-electron chi connectivity index (χ1n) is 5.02. The first kappa shape index (κ1) is 13.0. The van der Waals surface area contributed by atoms with Crippen molar-refractivity contribution < 1.29 is 19.1 Å². The number of pyridine rings is 1. The first-order valence-corrected chi connectivity index (χ1v) is 5.02. The van der Waals surface area contributed by atoms with Crippen LogP contribution in [0, 0.1) is 0 Å². The number of carbonyl (C=O) groups excluding carboxylic acids is 2. The van der Waals surface area contributed by atoms with Crippen molar-refractivity contribution in [3.05, 3.63) is 24.0 Å². The van der Waals surface area contributed by atoms with Crippen molar-refractivity contribution in [2.45, 2.75) is 6.42 Å². The van der Waals surface area contributed by atoms with Crippen LogP contribution < -0.4 is 5.32 Å². The van der Waals surface area contributed by atoms with Gasteiger partial charge in [-0.25, -0.2) is 9.78 Å². The lowest BCUT2D eigenvalue weighted by molar-refractivity contribution is -0.140. The summed E-state index contributed by atoms with van der Waals surface area (Å²) in [7, 11) is 2.63. The number of ether oxygens (including phenoxy) is 2. The molecule has 1 aromatic rings. The fourth-order valence-corrected chi connectivity index (χ4v) is 1.17. The summed E-state index contributed by atoms with van der Waals surface area (Å²) in [6.45, 7) is 0.428. The van der Waals surface area contributed by atoms with E-state index >= 15 is 0 Å². The summed E-state index contributed by atoms with van der Waals surface area (Å²) in [5, 5.41) is 2.98. The number of nitrogens with zero attached hydrogens (tertiary/aromatic N) is 1. The van der Waals surface area contributed by atoms with Crippen molar-refractivity contribution >= 4 is 17.6 Å². The fourth-order valence-electron chi connectivity index (χ4n) is 1.17. The highest BCUT2D eigenvalue weighted by molar-refractivity contribution is 5.88. The van der Waals surface area contributed by atoms with Crippen molar-refractivity contribution in [1.82, 2.24) is 4.98 Å². The number of carbonyl (C=O) groups is 2. The van der Waals surface area contributed by atoms with Crippen LogP contribution in [-0.4, -0.2) is 37.7 Å². The summed E-state index contributed by atoms with van der Waals surface area (Å²) >= 11 is 0. The summed E-state index contributed by atoms with van der Waals surface area (Å²) in [6.07, 6.45) is 1.75. The van der Waals surface area contributed by atoms with Gasteiger partial charge >= 0.3 is 11.9 Å². The molecule has 1 rings (SSSR count). The van der Waals surface area contributed by atoms with Crippen molar-refractivity contribution in [3.8, 4) is 0 Å². The number of anilines is 1. The summed E-state index contributed by atoms with van der Waals surface area (Å²) < 4.78 is 9.05.